The highest BCUT2D eigenvalue weighted by atomic mass is 15.1. The van der Waals surface area contributed by atoms with Crippen LogP contribution in [0.5, 0.6) is 0 Å². The van der Waals surface area contributed by atoms with Crippen LogP contribution in [0.3, 0.4) is 0 Å². The summed E-state index contributed by atoms with van der Waals surface area (Å²) in [4.78, 5) is 0. The second-order valence-electron chi connectivity index (χ2n) is 4.81. The molecule has 80 valence electrons. The Labute approximate surface area is 90.7 Å². The highest BCUT2D eigenvalue weighted by Gasteiger charge is 2.19. The van der Waals surface area contributed by atoms with Gasteiger partial charge in [0.2, 0.25) is 0 Å². The molecule has 0 unspecified atom stereocenters. The van der Waals surface area contributed by atoms with Gasteiger partial charge in [0.05, 0.1) is 11.7 Å². The van der Waals surface area contributed by atoms with E-state index < -0.39 is 0 Å². The molecule has 0 fully saturated rings. The molecule has 0 atom stereocenters. The number of fused-ring (bicyclic) bond motifs is 1. The number of aromatic amines is 1. The van der Waals surface area contributed by atoms with Crippen molar-refractivity contribution in [2.45, 2.75) is 39.0 Å². The van der Waals surface area contributed by atoms with Crippen LogP contribution in [0.1, 0.15) is 39.2 Å². The maximum Gasteiger partial charge on any atom is 0.0653 e. The van der Waals surface area contributed by atoms with Crippen LogP contribution >= 0.6 is 0 Å². The molecule has 0 saturated carbocycles. The van der Waals surface area contributed by atoms with E-state index in [1.807, 2.05) is 6.20 Å². The molecule has 0 aliphatic carbocycles. The lowest BCUT2D eigenvalue weighted by atomic mass is 9.80. The van der Waals surface area contributed by atoms with E-state index in [-0.39, 0.29) is 5.41 Å². The second-order valence-corrected chi connectivity index (χ2v) is 4.81. The summed E-state index contributed by atoms with van der Waals surface area (Å²) in [6.45, 7) is 6.83. The van der Waals surface area contributed by atoms with Crippen molar-refractivity contribution in [3.05, 3.63) is 30.0 Å². The molecule has 15 heavy (non-hydrogen) atoms. The molecule has 0 amide bonds. The molecule has 2 rings (SSSR count). The topological polar surface area (TPSA) is 28.7 Å². The van der Waals surface area contributed by atoms with Crippen LogP contribution in [0.25, 0.3) is 10.9 Å². The summed E-state index contributed by atoms with van der Waals surface area (Å²) < 4.78 is 0. The third-order valence-electron chi connectivity index (χ3n) is 3.10. The summed E-state index contributed by atoms with van der Waals surface area (Å²) in [6.07, 6.45) is 4.30. The van der Waals surface area contributed by atoms with Gasteiger partial charge in [-0.05, 0) is 23.5 Å². The van der Waals surface area contributed by atoms with Gasteiger partial charge in [0.25, 0.3) is 0 Å². The smallest absolute Gasteiger partial charge is 0.0653 e. The van der Waals surface area contributed by atoms with Gasteiger partial charge in [-0.2, -0.15) is 5.10 Å². The number of nitrogens with zero attached hydrogens (tertiary/aromatic N) is 1. The van der Waals surface area contributed by atoms with E-state index >= 15 is 0 Å². The Morgan fingerprint density at radius 2 is 2.13 bits per heavy atom. The van der Waals surface area contributed by atoms with Crippen molar-refractivity contribution in [1.29, 1.82) is 0 Å². The average Bonchev–Trinajstić information content (AvgIpc) is 2.63. The summed E-state index contributed by atoms with van der Waals surface area (Å²) in [5.74, 6) is 0. The molecule has 2 heteroatoms. The largest absolute Gasteiger partial charge is 0.278 e. The molecule has 2 nitrogen and oxygen atoms in total. The zero-order valence-electron chi connectivity index (χ0n) is 9.67. The number of aromatic nitrogens is 2. The van der Waals surface area contributed by atoms with Gasteiger partial charge in [-0.1, -0.05) is 39.3 Å². The second kappa shape index (κ2) is 3.69. The molecule has 1 N–H and O–H groups in total. The molecule has 0 saturated heterocycles. The van der Waals surface area contributed by atoms with Gasteiger partial charge in [0.15, 0.2) is 0 Å². The van der Waals surface area contributed by atoms with E-state index in [0.29, 0.717) is 0 Å². The van der Waals surface area contributed by atoms with Gasteiger partial charge >= 0.3 is 0 Å². The van der Waals surface area contributed by atoms with Crippen molar-refractivity contribution in [1.82, 2.24) is 10.2 Å². The Morgan fingerprint density at radius 1 is 1.33 bits per heavy atom. The van der Waals surface area contributed by atoms with E-state index in [0.717, 1.165) is 5.52 Å². The molecule has 1 heterocycles. The fraction of sp³-hybridized carbons (Fsp3) is 0.462. The van der Waals surface area contributed by atoms with E-state index in [9.17, 15) is 0 Å². The fourth-order valence-electron chi connectivity index (χ4n) is 2.13. The molecular weight excluding hydrogens is 184 g/mol. The Balaban J connectivity index is 2.42. The highest BCUT2D eigenvalue weighted by Crippen LogP contribution is 2.29. The third kappa shape index (κ3) is 1.89. The van der Waals surface area contributed by atoms with Crippen LogP contribution in [-0.2, 0) is 5.41 Å². The number of H-pyrrole nitrogens is 1. The van der Waals surface area contributed by atoms with Crippen molar-refractivity contribution in [3.63, 3.8) is 0 Å². The minimum Gasteiger partial charge on any atom is -0.278 e. The quantitative estimate of drug-likeness (QED) is 0.808. The van der Waals surface area contributed by atoms with Crippen molar-refractivity contribution in [2.75, 3.05) is 0 Å². The first kappa shape index (κ1) is 10.2. The summed E-state index contributed by atoms with van der Waals surface area (Å²) in [5.41, 5.74) is 2.78. The standard InChI is InChI=1S/C13H18N2/c1-4-7-13(2,3)11-6-5-10-9-14-15-12(10)8-11/h5-6,8-9H,4,7H2,1-3H3,(H,14,15). The first-order valence-electron chi connectivity index (χ1n) is 5.57. The predicted octanol–water partition coefficient (Wildman–Crippen LogP) is 3.64. The van der Waals surface area contributed by atoms with Crippen LogP contribution in [0.2, 0.25) is 0 Å². The number of rotatable bonds is 3. The molecule has 2 aromatic rings. The monoisotopic (exact) mass is 202 g/mol. The van der Waals surface area contributed by atoms with Crippen LogP contribution in [0, 0.1) is 0 Å². The van der Waals surface area contributed by atoms with Crippen molar-refractivity contribution in [2.24, 2.45) is 0 Å². The number of nitrogens with one attached hydrogen (secondary N) is 1. The maximum absolute atomic E-state index is 4.05. The van der Waals surface area contributed by atoms with E-state index in [2.05, 4.69) is 49.2 Å². The highest BCUT2D eigenvalue weighted by molar-refractivity contribution is 5.78. The summed E-state index contributed by atoms with van der Waals surface area (Å²) in [7, 11) is 0. The summed E-state index contributed by atoms with van der Waals surface area (Å²) in [5, 5.41) is 8.26. The Morgan fingerprint density at radius 3 is 2.87 bits per heavy atom. The number of hydrogen-bond acceptors (Lipinski definition) is 1. The third-order valence-corrected chi connectivity index (χ3v) is 3.10. The van der Waals surface area contributed by atoms with Crippen LogP contribution in [-0.4, -0.2) is 10.2 Å². The zero-order chi connectivity index (χ0) is 10.9. The summed E-state index contributed by atoms with van der Waals surface area (Å²) in [6, 6.07) is 6.58. The minimum atomic E-state index is 0.258. The first-order valence-corrected chi connectivity index (χ1v) is 5.57. The Bertz CT molecular complexity index is 454. The van der Waals surface area contributed by atoms with Gasteiger partial charge in [0, 0.05) is 5.39 Å². The van der Waals surface area contributed by atoms with Crippen LogP contribution < -0.4 is 0 Å². The lowest BCUT2D eigenvalue weighted by molar-refractivity contribution is 0.473. The van der Waals surface area contributed by atoms with Gasteiger partial charge in [0.1, 0.15) is 0 Å². The minimum absolute atomic E-state index is 0.258. The molecule has 0 bridgehead atoms. The van der Waals surface area contributed by atoms with Gasteiger partial charge in [-0.25, -0.2) is 0 Å². The van der Waals surface area contributed by atoms with Gasteiger partial charge in [-0.15, -0.1) is 0 Å². The molecule has 0 spiro atoms. The van der Waals surface area contributed by atoms with E-state index in [4.69, 9.17) is 0 Å². The maximum atomic E-state index is 4.05. The fourth-order valence-corrected chi connectivity index (χ4v) is 2.13. The van der Waals surface area contributed by atoms with Crippen molar-refractivity contribution < 1.29 is 0 Å². The SMILES string of the molecule is CCCC(C)(C)c1ccc2cn[nH]c2c1. The number of hydrogen-bond donors (Lipinski definition) is 1. The van der Waals surface area contributed by atoms with E-state index in [1.54, 1.807) is 0 Å². The molecule has 1 aromatic heterocycles. The summed E-state index contributed by atoms with van der Waals surface area (Å²) >= 11 is 0. The molecule has 0 aliphatic heterocycles. The molecule has 0 aliphatic rings. The lowest BCUT2D eigenvalue weighted by Crippen LogP contribution is -2.16. The van der Waals surface area contributed by atoms with Crippen LogP contribution in [0.15, 0.2) is 24.4 Å². The normalized spacial score (nSPS) is 12.2. The number of benzene rings is 1. The Hall–Kier alpha value is -1.31. The average molecular weight is 202 g/mol. The zero-order valence-corrected chi connectivity index (χ0v) is 9.67. The van der Waals surface area contributed by atoms with E-state index in [1.165, 1.54) is 23.8 Å². The first-order chi connectivity index (χ1) is 7.13. The predicted molar refractivity (Wildman–Crippen MR) is 64.0 cm³/mol. The lowest BCUT2D eigenvalue weighted by Gasteiger charge is -2.24. The Kier molecular flexibility index (Phi) is 2.51. The molecule has 0 radical (unpaired) electrons. The molecule has 1 aromatic carbocycles. The van der Waals surface area contributed by atoms with Crippen molar-refractivity contribution >= 4 is 10.9 Å². The van der Waals surface area contributed by atoms with Gasteiger partial charge < -0.3 is 0 Å². The van der Waals surface area contributed by atoms with Crippen molar-refractivity contribution in [3.8, 4) is 0 Å². The van der Waals surface area contributed by atoms with Gasteiger partial charge in [-0.3, -0.25) is 5.10 Å². The van der Waals surface area contributed by atoms with Crippen LogP contribution in [0.4, 0.5) is 0 Å². The molecular formula is C13H18N2.